The van der Waals surface area contributed by atoms with Crippen LogP contribution < -0.4 is 0 Å². The molecule has 0 spiro atoms. The van der Waals surface area contributed by atoms with Crippen LogP contribution in [0.1, 0.15) is 18.2 Å². The molecule has 1 aromatic heterocycles. The predicted molar refractivity (Wildman–Crippen MR) is 49.0 cm³/mol. The van der Waals surface area contributed by atoms with Crippen molar-refractivity contribution in [1.82, 2.24) is 9.78 Å². The van der Waals surface area contributed by atoms with E-state index in [1.807, 2.05) is 13.8 Å². The summed E-state index contributed by atoms with van der Waals surface area (Å²) >= 11 is 5.91. The first kappa shape index (κ1) is 10.1. The third kappa shape index (κ3) is 2.01. The lowest BCUT2D eigenvalue weighted by molar-refractivity contribution is -0.137. The highest BCUT2D eigenvalue weighted by molar-refractivity contribution is 6.30. The second-order valence-electron chi connectivity index (χ2n) is 2.76. The normalized spacial score (nSPS) is 10.4. The number of aliphatic carboxylic acids is 1. The van der Waals surface area contributed by atoms with E-state index in [9.17, 15) is 4.79 Å². The molecule has 0 aromatic carbocycles. The van der Waals surface area contributed by atoms with Gasteiger partial charge in [0.05, 0.1) is 5.69 Å². The van der Waals surface area contributed by atoms with Gasteiger partial charge in [-0.1, -0.05) is 18.5 Å². The van der Waals surface area contributed by atoms with Gasteiger partial charge in [0.2, 0.25) is 0 Å². The molecule has 0 saturated heterocycles. The molecule has 0 aliphatic heterocycles. The van der Waals surface area contributed by atoms with Gasteiger partial charge >= 0.3 is 5.97 Å². The molecule has 0 aliphatic rings. The van der Waals surface area contributed by atoms with E-state index in [1.165, 1.54) is 4.68 Å². The summed E-state index contributed by atoms with van der Waals surface area (Å²) in [7, 11) is 0. The minimum Gasteiger partial charge on any atom is -0.480 e. The highest BCUT2D eigenvalue weighted by Crippen LogP contribution is 2.19. The van der Waals surface area contributed by atoms with Crippen molar-refractivity contribution in [3.63, 3.8) is 0 Å². The number of halogens is 1. The van der Waals surface area contributed by atoms with Gasteiger partial charge in [0.15, 0.2) is 0 Å². The van der Waals surface area contributed by atoms with Crippen molar-refractivity contribution in [2.75, 3.05) is 0 Å². The summed E-state index contributed by atoms with van der Waals surface area (Å²) in [5.41, 5.74) is 1.72. The first-order valence-electron chi connectivity index (χ1n) is 3.99. The SMILES string of the molecule is CCc1c(C)nn(CC(=O)O)c1Cl. The van der Waals surface area contributed by atoms with Crippen LogP contribution in [0, 0.1) is 6.92 Å². The van der Waals surface area contributed by atoms with Crippen molar-refractivity contribution in [2.45, 2.75) is 26.8 Å². The topological polar surface area (TPSA) is 55.1 Å². The fourth-order valence-corrected chi connectivity index (χ4v) is 1.59. The second-order valence-corrected chi connectivity index (χ2v) is 3.12. The molecule has 0 amide bonds. The van der Waals surface area contributed by atoms with E-state index < -0.39 is 5.97 Å². The number of aryl methyl sites for hydroxylation is 1. The monoisotopic (exact) mass is 202 g/mol. The van der Waals surface area contributed by atoms with Crippen molar-refractivity contribution >= 4 is 17.6 Å². The minimum atomic E-state index is -0.938. The van der Waals surface area contributed by atoms with Crippen molar-refractivity contribution < 1.29 is 9.90 Å². The Morgan fingerprint density at radius 3 is 2.69 bits per heavy atom. The standard InChI is InChI=1S/C8H11ClN2O2/c1-3-6-5(2)10-11(8(6)9)4-7(12)13/h3-4H2,1-2H3,(H,12,13). The molecule has 1 aromatic rings. The zero-order valence-electron chi connectivity index (χ0n) is 7.54. The fraction of sp³-hybridized carbons (Fsp3) is 0.500. The van der Waals surface area contributed by atoms with E-state index in [0.29, 0.717) is 5.15 Å². The molecule has 0 bridgehead atoms. The molecule has 13 heavy (non-hydrogen) atoms. The highest BCUT2D eigenvalue weighted by atomic mass is 35.5. The molecule has 1 rings (SSSR count). The molecule has 72 valence electrons. The van der Waals surface area contributed by atoms with E-state index in [4.69, 9.17) is 16.7 Å². The maximum atomic E-state index is 10.4. The fourth-order valence-electron chi connectivity index (χ4n) is 1.22. The summed E-state index contributed by atoms with van der Waals surface area (Å²) in [6.07, 6.45) is 0.768. The van der Waals surface area contributed by atoms with Crippen LogP contribution in [0.15, 0.2) is 0 Å². The third-order valence-electron chi connectivity index (χ3n) is 1.82. The lowest BCUT2D eigenvalue weighted by Gasteiger charge is -1.97. The van der Waals surface area contributed by atoms with Crippen molar-refractivity contribution in [1.29, 1.82) is 0 Å². The average Bonchev–Trinajstić information content (AvgIpc) is 2.26. The Bertz CT molecular complexity index is 333. The van der Waals surface area contributed by atoms with Crippen LogP contribution in [-0.4, -0.2) is 20.9 Å². The maximum Gasteiger partial charge on any atom is 0.325 e. The summed E-state index contributed by atoms with van der Waals surface area (Å²) in [6, 6.07) is 0. The second kappa shape index (κ2) is 3.79. The maximum absolute atomic E-state index is 10.4. The van der Waals surface area contributed by atoms with Crippen LogP contribution in [0.25, 0.3) is 0 Å². The Balaban J connectivity index is 3.03. The van der Waals surface area contributed by atoms with Crippen LogP contribution in [0.2, 0.25) is 5.15 Å². The van der Waals surface area contributed by atoms with Gasteiger partial charge < -0.3 is 5.11 Å². The van der Waals surface area contributed by atoms with Crippen molar-refractivity contribution in [3.05, 3.63) is 16.4 Å². The van der Waals surface area contributed by atoms with Crippen LogP contribution in [0.5, 0.6) is 0 Å². The summed E-state index contributed by atoms with van der Waals surface area (Å²) in [6.45, 7) is 3.60. The number of carboxylic acids is 1. The van der Waals surface area contributed by atoms with Gasteiger partial charge in [-0.25, -0.2) is 4.68 Å². The molecule has 0 fully saturated rings. The van der Waals surface area contributed by atoms with Gasteiger partial charge in [-0.05, 0) is 13.3 Å². The summed E-state index contributed by atoms with van der Waals surface area (Å²) in [4.78, 5) is 10.4. The van der Waals surface area contributed by atoms with E-state index in [1.54, 1.807) is 0 Å². The number of hydrogen-bond donors (Lipinski definition) is 1. The quantitative estimate of drug-likeness (QED) is 0.808. The molecule has 0 radical (unpaired) electrons. The van der Waals surface area contributed by atoms with Crippen molar-refractivity contribution in [2.24, 2.45) is 0 Å². The van der Waals surface area contributed by atoms with Gasteiger partial charge in [0.1, 0.15) is 11.7 Å². The number of carbonyl (C=O) groups is 1. The molecule has 0 atom stereocenters. The van der Waals surface area contributed by atoms with Gasteiger partial charge in [0.25, 0.3) is 0 Å². The molecule has 0 aliphatic carbocycles. The van der Waals surface area contributed by atoms with E-state index >= 15 is 0 Å². The van der Waals surface area contributed by atoms with Crippen LogP contribution in [0.4, 0.5) is 0 Å². The average molecular weight is 203 g/mol. The van der Waals surface area contributed by atoms with Crippen LogP contribution in [0.3, 0.4) is 0 Å². The molecular weight excluding hydrogens is 192 g/mol. The first-order valence-corrected chi connectivity index (χ1v) is 4.37. The van der Waals surface area contributed by atoms with E-state index in [-0.39, 0.29) is 6.54 Å². The Kier molecular flexibility index (Phi) is 2.93. The zero-order valence-corrected chi connectivity index (χ0v) is 8.30. The van der Waals surface area contributed by atoms with E-state index in [0.717, 1.165) is 17.7 Å². The molecule has 1 N–H and O–H groups in total. The van der Waals surface area contributed by atoms with Gasteiger partial charge in [-0.15, -0.1) is 0 Å². The molecule has 0 saturated carbocycles. The molecule has 4 nitrogen and oxygen atoms in total. The largest absolute Gasteiger partial charge is 0.480 e. The van der Waals surface area contributed by atoms with Crippen molar-refractivity contribution in [3.8, 4) is 0 Å². The van der Waals surface area contributed by atoms with Crippen LogP contribution in [-0.2, 0) is 17.8 Å². The van der Waals surface area contributed by atoms with E-state index in [2.05, 4.69) is 5.10 Å². The molecule has 1 heterocycles. The van der Waals surface area contributed by atoms with Gasteiger partial charge in [-0.3, -0.25) is 4.79 Å². The Hall–Kier alpha value is -1.03. The lowest BCUT2D eigenvalue weighted by atomic mass is 10.2. The number of rotatable bonds is 3. The summed E-state index contributed by atoms with van der Waals surface area (Å²) in [5.74, 6) is -0.938. The lowest BCUT2D eigenvalue weighted by Crippen LogP contribution is -2.10. The number of nitrogens with zero attached hydrogens (tertiary/aromatic N) is 2. The third-order valence-corrected chi connectivity index (χ3v) is 2.24. The Labute approximate surface area is 81.1 Å². The highest BCUT2D eigenvalue weighted by Gasteiger charge is 2.12. The molecular formula is C8H11ClN2O2. The summed E-state index contributed by atoms with van der Waals surface area (Å²) < 4.78 is 1.30. The van der Waals surface area contributed by atoms with Gasteiger partial charge in [0, 0.05) is 5.56 Å². The number of hydrogen-bond acceptors (Lipinski definition) is 2. The zero-order chi connectivity index (χ0) is 10.0. The first-order chi connectivity index (χ1) is 6.06. The summed E-state index contributed by atoms with van der Waals surface area (Å²) in [5, 5.41) is 13.0. The number of aromatic nitrogens is 2. The van der Waals surface area contributed by atoms with Crippen LogP contribution >= 0.6 is 11.6 Å². The number of carboxylic acid groups (broad SMARTS) is 1. The molecule has 0 unspecified atom stereocenters. The Morgan fingerprint density at radius 2 is 2.31 bits per heavy atom. The predicted octanol–water partition coefficient (Wildman–Crippen LogP) is 1.49. The van der Waals surface area contributed by atoms with Gasteiger partial charge in [-0.2, -0.15) is 5.10 Å². The smallest absolute Gasteiger partial charge is 0.325 e. The molecule has 5 heteroatoms. The Morgan fingerprint density at radius 1 is 1.69 bits per heavy atom. The minimum absolute atomic E-state index is 0.181.